The molecular weight excluding hydrogens is 406 g/mol. The van der Waals surface area contributed by atoms with Crippen LogP contribution >= 0.6 is 22.9 Å². The standard InChI is InChI=1S/C22H26ClN3O2S/c23-17-10-9-16(25-21(27)20-6-3-11-29-20)12-15(17)13-26(22(28)14-7-8-14)19-5-2-1-4-18(19)24/h3,6,9-12,14,18-19H,1-2,4-5,7-8,13,24H2,(H,25,27). The predicted molar refractivity (Wildman–Crippen MR) is 117 cm³/mol. The Bertz CT molecular complexity index is 882. The molecule has 2 saturated carbocycles. The zero-order chi connectivity index (χ0) is 20.4. The number of nitrogens with zero attached hydrogens (tertiary/aromatic N) is 1. The van der Waals surface area contributed by atoms with Gasteiger partial charge in [-0.1, -0.05) is 30.5 Å². The van der Waals surface area contributed by atoms with Gasteiger partial charge in [-0.3, -0.25) is 9.59 Å². The Morgan fingerprint density at radius 1 is 1.17 bits per heavy atom. The van der Waals surface area contributed by atoms with Crippen LogP contribution in [0.3, 0.4) is 0 Å². The van der Waals surface area contributed by atoms with E-state index in [1.54, 1.807) is 18.2 Å². The Morgan fingerprint density at radius 2 is 1.97 bits per heavy atom. The van der Waals surface area contributed by atoms with Gasteiger partial charge < -0.3 is 16.0 Å². The zero-order valence-electron chi connectivity index (χ0n) is 16.3. The average Bonchev–Trinajstić information content (AvgIpc) is 3.42. The van der Waals surface area contributed by atoms with Crippen LogP contribution in [-0.2, 0) is 11.3 Å². The molecule has 0 spiro atoms. The third kappa shape index (κ3) is 4.82. The maximum absolute atomic E-state index is 13.0. The van der Waals surface area contributed by atoms with Crippen molar-refractivity contribution in [2.24, 2.45) is 11.7 Å². The second-order valence-electron chi connectivity index (χ2n) is 7.99. The highest BCUT2D eigenvalue weighted by Crippen LogP contribution is 2.35. The minimum absolute atomic E-state index is 0.00643. The summed E-state index contributed by atoms with van der Waals surface area (Å²) in [5.41, 5.74) is 7.91. The van der Waals surface area contributed by atoms with Crippen LogP contribution in [-0.4, -0.2) is 28.8 Å². The van der Waals surface area contributed by atoms with Gasteiger partial charge in [0.25, 0.3) is 5.91 Å². The van der Waals surface area contributed by atoms with Crippen LogP contribution in [0.5, 0.6) is 0 Å². The monoisotopic (exact) mass is 431 g/mol. The van der Waals surface area contributed by atoms with Gasteiger partial charge in [-0.2, -0.15) is 0 Å². The number of amides is 2. The van der Waals surface area contributed by atoms with Gasteiger partial charge in [-0.05, 0) is 60.9 Å². The van der Waals surface area contributed by atoms with Gasteiger partial charge in [0.05, 0.1) is 4.88 Å². The van der Waals surface area contributed by atoms with Crippen molar-refractivity contribution in [3.8, 4) is 0 Å². The maximum Gasteiger partial charge on any atom is 0.265 e. The fraction of sp³-hybridized carbons (Fsp3) is 0.455. The van der Waals surface area contributed by atoms with Gasteiger partial charge in [0, 0.05) is 35.3 Å². The molecule has 154 valence electrons. The number of anilines is 1. The minimum atomic E-state index is -0.145. The summed E-state index contributed by atoms with van der Waals surface area (Å²) in [6, 6.07) is 9.14. The molecular formula is C22H26ClN3O2S. The summed E-state index contributed by atoms with van der Waals surface area (Å²) in [4.78, 5) is 28.0. The number of hydrogen-bond acceptors (Lipinski definition) is 4. The molecule has 0 radical (unpaired) electrons. The van der Waals surface area contributed by atoms with Crippen LogP contribution in [0, 0.1) is 5.92 Å². The molecule has 1 heterocycles. The van der Waals surface area contributed by atoms with Crippen LogP contribution in [0.15, 0.2) is 35.7 Å². The fourth-order valence-corrected chi connectivity index (χ4v) is 4.80. The molecule has 2 fully saturated rings. The number of hydrogen-bond donors (Lipinski definition) is 2. The number of halogens is 1. The van der Waals surface area contributed by atoms with E-state index in [4.69, 9.17) is 17.3 Å². The molecule has 1 aromatic heterocycles. The van der Waals surface area contributed by atoms with Gasteiger partial charge in [-0.15, -0.1) is 11.3 Å². The lowest BCUT2D eigenvalue weighted by atomic mass is 9.89. The molecule has 2 unspecified atom stereocenters. The summed E-state index contributed by atoms with van der Waals surface area (Å²) in [7, 11) is 0. The minimum Gasteiger partial charge on any atom is -0.334 e. The number of thiophene rings is 1. The molecule has 1 aromatic carbocycles. The lowest BCUT2D eigenvalue weighted by Gasteiger charge is -2.39. The second-order valence-corrected chi connectivity index (χ2v) is 9.35. The quantitative estimate of drug-likeness (QED) is 0.698. The molecule has 4 rings (SSSR count). The number of carbonyl (C=O) groups is 2. The van der Waals surface area contributed by atoms with Crippen molar-refractivity contribution >= 4 is 40.4 Å². The highest BCUT2D eigenvalue weighted by atomic mass is 35.5. The van der Waals surface area contributed by atoms with E-state index in [0.717, 1.165) is 44.1 Å². The summed E-state index contributed by atoms with van der Waals surface area (Å²) in [6.45, 7) is 0.426. The normalized spacial score (nSPS) is 21.6. The van der Waals surface area contributed by atoms with Crippen LogP contribution in [0.2, 0.25) is 5.02 Å². The Balaban J connectivity index is 1.55. The highest BCUT2D eigenvalue weighted by molar-refractivity contribution is 7.12. The van der Waals surface area contributed by atoms with Crippen molar-refractivity contribution < 1.29 is 9.59 Å². The molecule has 0 aliphatic heterocycles. The summed E-state index contributed by atoms with van der Waals surface area (Å²) >= 11 is 7.87. The van der Waals surface area contributed by atoms with Crippen molar-refractivity contribution in [3.63, 3.8) is 0 Å². The molecule has 29 heavy (non-hydrogen) atoms. The molecule has 2 aliphatic rings. The van der Waals surface area contributed by atoms with E-state index in [1.807, 2.05) is 22.4 Å². The highest BCUT2D eigenvalue weighted by Gasteiger charge is 2.38. The van der Waals surface area contributed by atoms with Crippen molar-refractivity contribution in [3.05, 3.63) is 51.2 Å². The van der Waals surface area contributed by atoms with E-state index in [9.17, 15) is 9.59 Å². The lowest BCUT2D eigenvalue weighted by molar-refractivity contribution is -0.136. The Hall–Kier alpha value is -1.89. The molecule has 5 nitrogen and oxygen atoms in total. The van der Waals surface area contributed by atoms with Gasteiger partial charge in [0.2, 0.25) is 5.91 Å². The first-order valence-corrected chi connectivity index (χ1v) is 11.5. The van der Waals surface area contributed by atoms with Gasteiger partial charge >= 0.3 is 0 Å². The topological polar surface area (TPSA) is 75.4 Å². The number of carbonyl (C=O) groups excluding carboxylic acids is 2. The molecule has 2 atom stereocenters. The Kier molecular flexibility index (Phi) is 6.23. The first-order chi connectivity index (χ1) is 14.0. The van der Waals surface area contributed by atoms with Crippen molar-refractivity contribution in [2.45, 2.75) is 57.2 Å². The first kappa shape index (κ1) is 20.4. The summed E-state index contributed by atoms with van der Waals surface area (Å²) in [5.74, 6) is 0.176. The van der Waals surface area contributed by atoms with E-state index < -0.39 is 0 Å². The molecule has 2 aliphatic carbocycles. The van der Waals surface area contributed by atoms with E-state index in [2.05, 4.69) is 5.32 Å². The van der Waals surface area contributed by atoms with Gasteiger partial charge in [0.15, 0.2) is 0 Å². The molecule has 0 saturated heterocycles. The van der Waals surface area contributed by atoms with E-state index in [0.29, 0.717) is 22.1 Å². The molecule has 7 heteroatoms. The van der Waals surface area contributed by atoms with Crippen LogP contribution < -0.4 is 11.1 Å². The number of benzene rings is 1. The summed E-state index contributed by atoms with van der Waals surface area (Å²) in [6.07, 6.45) is 6.02. The molecule has 0 bridgehead atoms. The molecule has 2 aromatic rings. The third-order valence-corrected chi connectivity index (χ3v) is 7.02. The largest absolute Gasteiger partial charge is 0.334 e. The average molecular weight is 432 g/mol. The van der Waals surface area contributed by atoms with Crippen LogP contribution in [0.1, 0.15) is 53.8 Å². The van der Waals surface area contributed by atoms with E-state index in [1.165, 1.54) is 11.3 Å². The predicted octanol–water partition coefficient (Wildman–Crippen LogP) is 4.66. The summed E-state index contributed by atoms with van der Waals surface area (Å²) in [5, 5.41) is 5.39. The van der Waals surface area contributed by atoms with Crippen molar-refractivity contribution in [2.75, 3.05) is 5.32 Å². The van der Waals surface area contributed by atoms with Crippen LogP contribution in [0.25, 0.3) is 0 Å². The van der Waals surface area contributed by atoms with Crippen LogP contribution in [0.4, 0.5) is 5.69 Å². The smallest absolute Gasteiger partial charge is 0.265 e. The van der Waals surface area contributed by atoms with Crippen molar-refractivity contribution in [1.29, 1.82) is 0 Å². The Labute approximate surface area is 180 Å². The lowest BCUT2D eigenvalue weighted by Crippen LogP contribution is -2.52. The van der Waals surface area contributed by atoms with E-state index >= 15 is 0 Å². The summed E-state index contributed by atoms with van der Waals surface area (Å²) < 4.78 is 0. The van der Waals surface area contributed by atoms with E-state index in [-0.39, 0.29) is 29.8 Å². The SMILES string of the molecule is NC1CCCCC1N(Cc1cc(NC(=O)c2cccs2)ccc1Cl)C(=O)C1CC1. The molecule has 2 amide bonds. The zero-order valence-corrected chi connectivity index (χ0v) is 17.8. The number of nitrogens with one attached hydrogen (secondary N) is 1. The van der Waals surface area contributed by atoms with Gasteiger partial charge in [0.1, 0.15) is 0 Å². The van der Waals surface area contributed by atoms with Gasteiger partial charge in [-0.25, -0.2) is 0 Å². The number of nitrogens with two attached hydrogens (primary N) is 1. The molecule has 3 N–H and O–H groups in total. The maximum atomic E-state index is 13.0. The first-order valence-electron chi connectivity index (χ1n) is 10.2. The van der Waals surface area contributed by atoms with Crippen molar-refractivity contribution in [1.82, 2.24) is 4.90 Å². The Morgan fingerprint density at radius 3 is 2.66 bits per heavy atom. The fourth-order valence-electron chi connectivity index (χ4n) is 4.01. The second kappa shape index (κ2) is 8.86. The number of rotatable bonds is 6. The third-order valence-electron chi connectivity index (χ3n) is 5.78.